The molecule has 196 valence electrons. The second kappa shape index (κ2) is 10.8. The molecule has 4 aliphatic rings. The van der Waals surface area contributed by atoms with Gasteiger partial charge >= 0.3 is 0 Å². The van der Waals surface area contributed by atoms with E-state index < -0.39 is 0 Å². The van der Waals surface area contributed by atoms with Crippen molar-refractivity contribution in [2.45, 2.75) is 113 Å². The topological polar surface area (TPSA) is 49.4 Å². The maximum absolute atomic E-state index is 5.25. The molecule has 4 heterocycles. The van der Waals surface area contributed by atoms with Crippen LogP contribution in [-0.2, 0) is 0 Å². The van der Waals surface area contributed by atoms with Crippen LogP contribution >= 0.6 is 0 Å². The predicted octanol–water partition coefficient (Wildman–Crippen LogP) is 8.65. The SMILES string of the molecule is CCC1=C(C)/C(=C/C2N=C(CC3=NC(/C=C4\N=C(C)C(CC)=C4C)C(C)=C3CC)C(CC)=C2C)N=C1C. The third kappa shape index (κ3) is 4.87. The van der Waals surface area contributed by atoms with Crippen LogP contribution in [0.4, 0.5) is 0 Å². The van der Waals surface area contributed by atoms with Crippen molar-refractivity contribution in [1.82, 2.24) is 0 Å². The number of allylic oxidation sites excluding steroid dienone is 6. The zero-order valence-electron chi connectivity index (χ0n) is 24.6. The third-order valence-electron chi connectivity index (χ3n) is 8.63. The molecule has 0 aromatic heterocycles. The van der Waals surface area contributed by atoms with Crippen molar-refractivity contribution in [1.29, 1.82) is 0 Å². The Hall–Kier alpha value is -2.88. The minimum atomic E-state index is 0.0637. The van der Waals surface area contributed by atoms with Crippen LogP contribution in [-0.4, -0.2) is 34.9 Å². The monoisotopic (exact) mass is 496 g/mol. The van der Waals surface area contributed by atoms with Crippen molar-refractivity contribution in [3.05, 3.63) is 68.1 Å². The van der Waals surface area contributed by atoms with Gasteiger partial charge in [0.25, 0.3) is 0 Å². The summed E-state index contributed by atoms with van der Waals surface area (Å²) in [5, 5.41) is 0. The fourth-order valence-corrected chi connectivity index (χ4v) is 6.43. The van der Waals surface area contributed by atoms with Crippen molar-refractivity contribution >= 4 is 22.8 Å². The molecule has 0 saturated heterocycles. The Morgan fingerprint density at radius 3 is 1.19 bits per heavy atom. The highest BCUT2D eigenvalue weighted by Gasteiger charge is 2.30. The molecule has 0 N–H and O–H groups in total. The Kier molecular flexibility index (Phi) is 7.96. The van der Waals surface area contributed by atoms with Crippen LogP contribution in [0.25, 0.3) is 0 Å². The molecule has 0 radical (unpaired) electrons. The molecule has 37 heavy (non-hydrogen) atoms. The van der Waals surface area contributed by atoms with E-state index in [0.29, 0.717) is 0 Å². The number of aliphatic imine (C=N–C) groups is 4. The second-order valence-corrected chi connectivity index (χ2v) is 10.7. The van der Waals surface area contributed by atoms with E-state index in [1.165, 1.54) is 56.0 Å². The van der Waals surface area contributed by atoms with Gasteiger partial charge in [0.05, 0.1) is 23.5 Å². The lowest BCUT2D eigenvalue weighted by Gasteiger charge is -2.09. The van der Waals surface area contributed by atoms with Gasteiger partial charge in [-0.3, -0.25) is 20.0 Å². The number of rotatable bonds is 8. The van der Waals surface area contributed by atoms with Crippen LogP contribution in [0.15, 0.2) is 88.1 Å². The molecule has 0 saturated carbocycles. The Morgan fingerprint density at radius 2 is 0.892 bits per heavy atom. The summed E-state index contributed by atoms with van der Waals surface area (Å²) in [5.74, 6) is 0. The van der Waals surface area contributed by atoms with Crippen molar-refractivity contribution in [2.75, 3.05) is 0 Å². The summed E-state index contributed by atoms with van der Waals surface area (Å²) in [4.78, 5) is 20.3. The highest BCUT2D eigenvalue weighted by Crippen LogP contribution is 2.35. The summed E-state index contributed by atoms with van der Waals surface area (Å²) in [6.07, 6.45) is 9.37. The van der Waals surface area contributed by atoms with E-state index >= 15 is 0 Å². The summed E-state index contributed by atoms with van der Waals surface area (Å²) in [5.41, 5.74) is 17.7. The Morgan fingerprint density at radius 1 is 0.541 bits per heavy atom. The van der Waals surface area contributed by atoms with Gasteiger partial charge in [-0.05, 0) is 124 Å². The first kappa shape index (κ1) is 27.2. The molecular formula is C33H44N4. The smallest absolute Gasteiger partial charge is 0.0921 e. The van der Waals surface area contributed by atoms with E-state index in [1.54, 1.807) is 0 Å². The lowest BCUT2D eigenvalue weighted by Crippen LogP contribution is -2.10. The van der Waals surface area contributed by atoms with Gasteiger partial charge in [0.1, 0.15) is 0 Å². The molecule has 0 aromatic rings. The molecule has 0 fully saturated rings. The number of nitrogens with zero attached hydrogens (tertiary/aromatic N) is 4. The molecule has 2 atom stereocenters. The van der Waals surface area contributed by atoms with Crippen molar-refractivity contribution in [3.63, 3.8) is 0 Å². The molecule has 4 rings (SSSR count). The van der Waals surface area contributed by atoms with E-state index in [9.17, 15) is 0 Å². The standard InChI is InChI=1S/C33H44N4/c1-11-24-18(5)28(34-22(24)9)15-30-20(7)26(13-3)32(36-30)17-33-27(14-4)21(8)31(37-33)16-29-19(6)25(12-2)23(10)35-29/h15-16,30-31H,11-14,17H2,1-10H3/b28-15-,29-16-. The zero-order chi connectivity index (χ0) is 27.0. The van der Waals surface area contributed by atoms with E-state index in [-0.39, 0.29) is 12.1 Å². The summed E-state index contributed by atoms with van der Waals surface area (Å²) in [7, 11) is 0. The normalized spacial score (nSPS) is 26.4. The summed E-state index contributed by atoms with van der Waals surface area (Å²) < 4.78 is 0. The fourth-order valence-electron chi connectivity index (χ4n) is 6.43. The molecule has 0 amide bonds. The minimum absolute atomic E-state index is 0.0637. The Balaban J connectivity index is 1.65. The van der Waals surface area contributed by atoms with Crippen LogP contribution in [0.5, 0.6) is 0 Å². The quantitative estimate of drug-likeness (QED) is 0.323. The largest absolute Gasteiger partial charge is 0.277 e. The Bertz CT molecular complexity index is 1230. The lowest BCUT2D eigenvalue weighted by molar-refractivity contribution is 0.947. The molecule has 4 nitrogen and oxygen atoms in total. The van der Waals surface area contributed by atoms with Gasteiger partial charge in [0.15, 0.2) is 0 Å². The second-order valence-electron chi connectivity index (χ2n) is 10.7. The first-order chi connectivity index (χ1) is 17.6. The van der Waals surface area contributed by atoms with Crippen LogP contribution in [0.2, 0.25) is 0 Å². The Labute approximate surface area is 224 Å². The highest BCUT2D eigenvalue weighted by molar-refractivity contribution is 6.20. The van der Waals surface area contributed by atoms with Crippen LogP contribution in [0.3, 0.4) is 0 Å². The average Bonchev–Trinajstić information content (AvgIpc) is 3.51. The van der Waals surface area contributed by atoms with E-state index in [2.05, 4.69) is 81.4 Å². The number of hydrogen-bond acceptors (Lipinski definition) is 4. The third-order valence-corrected chi connectivity index (χ3v) is 8.63. The van der Waals surface area contributed by atoms with Crippen molar-refractivity contribution in [3.8, 4) is 0 Å². The van der Waals surface area contributed by atoms with Crippen LogP contribution < -0.4 is 0 Å². The van der Waals surface area contributed by atoms with Crippen molar-refractivity contribution < 1.29 is 0 Å². The number of hydrogen-bond donors (Lipinski definition) is 0. The average molecular weight is 497 g/mol. The van der Waals surface area contributed by atoms with E-state index in [0.717, 1.165) is 54.9 Å². The molecule has 0 spiro atoms. The highest BCUT2D eigenvalue weighted by atomic mass is 14.9. The van der Waals surface area contributed by atoms with E-state index in [1.807, 2.05) is 0 Å². The van der Waals surface area contributed by atoms with Gasteiger partial charge in [0.2, 0.25) is 0 Å². The molecule has 4 aliphatic heterocycles. The molecule has 0 aromatic carbocycles. The first-order valence-electron chi connectivity index (χ1n) is 14.1. The van der Waals surface area contributed by atoms with Crippen LogP contribution in [0, 0.1) is 0 Å². The van der Waals surface area contributed by atoms with E-state index in [4.69, 9.17) is 20.0 Å². The maximum Gasteiger partial charge on any atom is 0.0921 e. The molecule has 0 bridgehead atoms. The minimum Gasteiger partial charge on any atom is -0.277 e. The van der Waals surface area contributed by atoms with Gasteiger partial charge in [-0.2, -0.15) is 0 Å². The van der Waals surface area contributed by atoms with Gasteiger partial charge in [-0.15, -0.1) is 0 Å². The molecule has 4 heteroatoms. The predicted molar refractivity (Wildman–Crippen MR) is 161 cm³/mol. The summed E-state index contributed by atoms with van der Waals surface area (Å²) in [6.45, 7) is 22.0. The lowest BCUT2D eigenvalue weighted by atomic mass is 9.93. The van der Waals surface area contributed by atoms with Gasteiger partial charge in [0, 0.05) is 29.3 Å². The summed E-state index contributed by atoms with van der Waals surface area (Å²) in [6, 6.07) is 0.127. The molecule has 0 aliphatic carbocycles. The molecular weight excluding hydrogens is 452 g/mol. The zero-order valence-corrected chi connectivity index (χ0v) is 24.6. The maximum atomic E-state index is 5.25. The van der Waals surface area contributed by atoms with Gasteiger partial charge < -0.3 is 0 Å². The van der Waals surface area contributed by atoms with Gasteiger partial charge in [-0.1, -0.05) is 27.7 Å². The summed E-state index contributed by atoms with van der Waals surface area (Å²) >= 11 is 0. The molecule has 2 unspecified atom stereocenters. The van der Waals surface area contributed by atoms with Crippen molar-refractivity contribution in [2.24, 2.45) is 20.0 Å². The fraction of sp³-hybridized carbons (Fsp3) is 0.515. The van der Waals surface area contributed by atoms with Crippen LogP contribution in [0.1, 0.15) is 101 Å². The first-order valence-corrected chi connectivity index (χ1v) is 14.1. The van der Waals surface area contributed by atoms with Gasteiger partial charge in [-0.25, -0.2) is 0 Å².